The molecule has 2 heterocycles. The zero-order chi connectivity index (χ0) is 19.8. The normalized spacial score (nSPS) is 11.6. The van der Waals surface area contributed by atoms with E-state index in [0.717, 1.165) is 17.9 Å². The van der Waals surface area contributed by atoms with Crippen LogP contribution in [0, 0.1) is 13.8 Å². The summed E-state index contributed by atoms with van der Waals surface area (Å²) in [4.78, 5) is 8.83. The quantitative estimate of drug-likeness (QED) is 0.607. The lowest BCUT2D eigenvalue weighted by Gasteiger charge is -2.20. The van der Waals surface area contributed by atoms with Gasteiger partial charge in [0.1, 0.15) is 0 Å². The monoisotopic (exact) mass is 423 g/mol. The minimum atomic E-state index is -3.77. The lowest BCUT2D eigenvalue weighted by Crippen LogP contribution is -2.29. The molecule has 0 fully saturated rings. The second-order valence-electron chi connectivity index (χ2n) is 6.97. The summed E-state index contributed by atoms with van der Waals surface area (Å²) in [5.41, 5.74) is 1.96. The molecule has 152 valence electrons. The Morgan fingerprint density at radius 2 is 1.68 bits per heavy atom. The van der Waals surface area contributed by atoms with Crippen LogP contribution in [-0.4, -0.2) is 62.1 Å². The van der Waals surface area contributed by atoms with Gasteiger partial charge in [-0.2, -0.15) is 0 Å². The molecular formula is C19H26ClN5O2S. The number of likely N-dealkylation sites (N-methyl/N-ethyl adjacent to an activating group) is 2. The van der Waals surface area contributed by atoms with E-state index in [1.54, 1.807) is 34.8 Å². The first-order chi connectivity index (χ1) is 12.7. The van der Waals surface area contributed by atoms with E-state index in [1.807, 2.05) is 50.9 Å². The van der Waals surface area contributed by atoms with E-state index in [2.05, 4.69) is 10.1 Å². The summed E-state index contributed by atoms with van der Waals surface area (Å²) in [5.74, 6) is 0.418. The lowest BCUT2D eigenvalue weighted by atomic mass is 10.3. The molecule has 2 aromatic heterocycles. The summed E-state index contributed by atoms with van der Waals surface area (Å²) in [7, 11) is 2.05. The van der Waals surface area contributed by atoms with E-state index in [1.165, 1.54) is 0 Å². The van der Waals surface area contributed by atoms with Gasteiger partial charge < -0.3 is 9.80 Å². The number of hydrogen-bond donors (Lipinski definition) is 0. The highest BCUT2D eigenvalue weighted by molar-refractivity contribution is 7.91. The van der Waals surface area contributed by atoms with Crippen LogP contribution in [0.1, 0.15) is 11.4 Å². The second kappa shape index (κ2) is 8.46. The molecule has 3 aromatic rings. The molecule has 1 aromatic carbocycles. The molecule has 0 bridgehead atoms. The van der Waals surface area contributed by atoms with Crippen molar-refractivity contribution in [2.45, 2.75) is 23.6 Å². The summed E-state index contributed by atoms with van der Waals surface area (Å²) in [5, 5.41) is 4.61. The van der Waals surface area contributed by atoms with E-state index in [4.69, 9.17) is 0 Å². The summed E-state index contributed by atoms with van der Waals surface area (Å²) in [6, 6.07) is 10.3. The van der Waals surface area contributed by atoms with E-state index in [9.17, 15) is 8.42 Å². The molecule has 0 amide bonds. The fraction of sp³-hybridized carbons (Fsp3) is 0.368. The third-order valence-corrected chi connectivity index (χ3v) is 6.20. The van der Waals surface area contributed by atoms with Crippen molar-refractivity contribution < 1.29 is 8.42 Å². The molecule has 0 aliphatic heterocycles. The van der Waals surface area contributed by atoms with Gasteiger partial charge in [-0.1, -0.05) is 18.2 Å². The van der Waals surface area contributed by atoms with Crippen molar-refractivity contribution in [3.05, 3.63) is 47.8 Å². The molecule has 0 saturated carbocycles. The van der Waals surface area contributed by atoms with Crippen LogP contribution in [0.5, 0.6) is 0 Å². The highest BCUT2D eigenvalue weighted by Crippen LogP contribution is 2.32. The number of aryl methyl sites for hydroxylation is 2. The average molecular weight is 424 g/mol. The first-order valence-corrected chi connectivity index (χ1v) is 10.2. The fourth-order valence-corrected chi connectivity index (χ4v) is 4.51. The summed E-state index contributed by atoms with van der Waals surface area (Å²) < 4.78 is 28.5. The molecule has 3 rings (SSSR count). The molecular weight excluding hydrogens is 398 g/mol. The van der Waals surface area contributed by atoms with Gasteiger partial charge in [-0.05, 0) is 46.1 Å². The third-order valence-electron chi connectivity index (χ3n) is 4.40. The maximum atomic E-state index is 13.5. The van der Waals surface area contributed by atoms with Crippen LogP contribution in [0.25, 0.3) is 5.65 Å². The Morgan fingerprint density at radius 1 is 1.04 bits per heavy atom. The van der Waals surface area contributed by atoms with Crippen LogP contribution in [-0.2, 0) is 9.84 Å². The first kappa shape index (κ1) is 22.1. The molecule has 0 spiro atoms. The van der Waals surface area contributed by atoms with Gasteiger partial charge in [0, 0.05) is 31.5 Å². The Kier molecular flexibility index (Phi) is 6.69. The molecule has 0 radical (unpaired) electrons. The average Bonchev–Trinajstić information content (AvgIpc) is 3.01. The van der Waals surface area contributed by atoms with Crippen molar-refractivity contribution in [3.8, 4) is 0 Å². The Bertz CT molecular complexity index is 1060. The number of sulfone groups is 1. The van der Waals surface area contributed by atoms with Crippen LogP contribution >= 0.6 is 12.4 Å². The van der Waals surface area contributed by atoms with Gasteiger partial charge in [0.25, 0.3) is 0 Å². The summed E-state index contributed by atoms with van der Waals surface area (Å²) in [6.07, 6.45) is 0. The molecule has 0 aliphatic rings. The number of halogens is 1. The highest BCUT2D eigenvalue weighted by Gasteiger charge is 2.30. The third kappa shape index (κ3) is 4.14. The largest absolute Gasteiger partial charge is 0.356 e. The predicted molar refractivity (Wildman–Crippen MR) is 113 cm³/mol. The number of benzene rings is 1. The Balaban J connectivity index is 0.00000280. The lowest BCUT2D eigenvalue weighted by molar-refractivity contribution is 0.416. The number of rotatable bonds is 6. The predicted octanol–water partition coefficient (Wildman–Crippen LogP) is 2.60. The maximum Gasteiger partial charge on any atom is 0.214 e. The van der Waals surface area contributed by atoms with Crippen LogP contribution < -0.4 is 4.90 Å². The number of hydrogen-bond acceptors (Lipinski definition) is 6. The molecule has 28 heavy (non-hydrogen) atoms. The molecule has 0 N–H and O–H groups in total. The number of aromatic nitrogens is 3. The van der Waals surface area contributed by atoms with Crippen LogP contribution in [0.15, 0.2) is 46.2 Å². The van der Waals surface area contributed by atoms with Crippen molar-refractivity contribution in [2.24, 2.45) is 0 Å². The van der Waals surface area contributed by atoms with Crippen LogP contribution in [0.2, 0.25) is 0 Å². The Morgan fingerprint density at radius 3 is 2.29 bits per heavy atom. The van der Waals surface area contributed by atoms with E-state index in [0.29, 0.717) is 18.0 Å². The number of anilines is 1. The van der Waals surface area contributed by atoms with E-state index >= 15 is 0 Å². The standard InChI is InChI=1S/C19H25N5O2S.ClH/c1-14-13-15(2)24-18(20-14)17(19(21-24)23(5)12-11-22(3)4)27(25,26)16-9-7-6-8-10-16;/h6-10,13H,11-12H2,1-5H3;1H. The Hall–Kier alpha value is -2.16. The molecule has 0 atom stereocenters. The van der Waals surface area contributed by atoms with Crippen molar-refractivity contribution in [3.63, 3.8) is 0 Å². The summed E-state index contributed by atoms with van der Waals surface area (Å²) >= 11 is 0. The van der Waals surface area contributed by atoms with Crippen molar-refractivity contribution in [1.29, 1.82) is 0 Å². The molecule has 0 saturated heterocycles. The molecule has 0 unspecified atom stereocenters. The van der Waals surface area contributed by atoms with Gasteiger partial charge >= 0.3 is 0 Å². The van der Waals surface area contributed by atoms with E-state index < -0.39 is 9.84 Å². The fourth-order valence-electron chi connectivity index (χ4n) is 2.95. The van der Waals surface area contributed by atoms with Gasteiger partial charge in [-0.3, -0.25) is 0 Å². The molecule has 9 heteroatoms. The van der Waals surface area contributed by atoms with E-state index in [-0.39, 0.29) is 22.2 Å². The maximum absolute atomic E-state index is 13.5. The zero-order valence-electron chi connectivity index (χ0n) is 16.7. The topological polar surface area (TPSA) is 70.8 Å². The van der Waals surface area contributed by atoms with Crippen molar-refractivity contribution >= 4 is 33.7 Å². The SMILES string of the molecule is Cc1cc(C)n2nc(N(C)CCN(C)C)c(S(=O)(=O)c3ccccc3)c2n1.Cl. The minimum absolute atomic E-state index is 0. The smallest absolute Gasteiger partial charge is 0.214 e. The van der Waals surface area contributed by atoms with Crippen LogP contribution in [0.3, 0.4) is 0 Å². The van der Waals surface area contributed by atoms with Gasteiger partial charge in [-0.25, -0.2) is 17.9 Å². The number of fused-ring (bicyclic) bond motifs is 1. The molecule has 0 aliphatic carbocycles. The molecule has 7 nitrogen and oxygen atoms in total. The van der Waals surface area contributed by atoms with Gasteiger partial charge in [0.05, 0.1) is 4.90 Å². The Labute approximate surface area is 172 Å². The number of nitrogens with zero attached hydrogens (tertiary/aromatic N) is 5. The summed E-state index contributed by atoms with van der Waals surface area (Å²) in [6.45, 7) is 5.18. The van der Waals surface area contributed by atoms with Gasteiger partial charge in [0.15, 0.2) is 16.4 Å². The minimum Gasteiger partial charge on any atom is -0.356 e. The zero-order valence-corrected chi connectivity index (χ0v) is 18.4. The van der Waals surface area contributed by atoms with Crippen molar-refractivity contribution in [1.82, 2.24) is 19.5 Å². The van der Waals surface area contributed by atoms with Crippen molar-refractivity contribution in [2.75, 3.05) is 39.1 Å². The first-order valence-electron chi connectivity index (χ1n) is 8.75. The van der Waals surface area contributed by atoms with Gasteiger partial charge in [0.2, 0.25) is 9.84 Å². The second-order valence-corrected chi connectivity index (χ2v) is 8.85. The van der Waals surface area contributed by atoms with Gasteiger partial charge in [-0.15, -0.1) is 17.5 Å². The van der Waals surface area contributed by atoms with Crippen LogP contribution in [0.4, 0.5) is 5.82 Å². The highest BCUT2D eigenvalue weighted by atomic mass is 35.5.